The Labute approximate surface area is 154 Å². The van der Waals surface area contributed by atoms with Gasteiger partial charge in [-0.25, -0.2) is 0 Å². The summed E-state index contributed by atoms with van der Waals surface area (Å²) in [5.74, 6) is -1.44. The van der Waals surface area contributed by atoms with E-state index in [0.717, 1.165) is 17.0 Å². The van der Waals surface area contributed by atoms with E-state index in [-0.39, 0.29) is 18.4 Å². The Morgan fingerprint density at radius 1 is 1.23 bits per heavy atom. The number of hydrogen-bond acceptors (Lipinski definition) is 3. The van der Waals surface area contributed by atoms with E-state index in [1.165, 1.54) is 0 Å². The summed E-state index contributed by atoms with van der Waals surface area (Å²) in [6.07, 6.45) is 0.535. The average Bonchev–Trinajstić information content (AvgIpc) is 2.88. The van der Waals surface area contributed by atoms with Crippen LogP contribution in [0.5, 0.6) is 0 Å². The fourth-order valence-corrected chi connectivity index (χ4v) is 2.98. The zero-order valence-corrected chi connectivity index (χ0v) is 15.8. The second kappa shape index (κ2) is 8.65. The number of carbonyl (C=O) groups is 2. The van der Waals surface area contributed by atoms with Crippen LogP contribution in [0, 0.1) is 25.7 Å². The molecular formula is C20H27N3O3. The van der Waals surface area contributed by atoms with E-state index in [2.05, 4.69) is 10.4 Å². The van der Waals surface area contributed by atoms with Gasteiger partial charge in [0.1, 0.15) is 0 Å². The van der Waals surface area contributed by atoms with Crippen molar-refractivity contribution in [3.05, 3.63) is 52.8 Å². The number of aliphatic carboxylic acids is 1. The quantitative estimate of drug-likeness (QED) is 0.760. The minimum atomic E-state index is -0.878. The minimum Gasteiger partial charge on any atom is -0.481 e. The van der Waals surface area contributed by atoms with Crippen molar-refractivity contribution in [1.82, 2.24) is 15.1 Å². The summed E-state index contributed by atoms with van der Waals surface area (Å²) < 4.78 is 1.90. The van der Waals surface area contributed by atoms with Crippen LogP contribution >= 0.6 is 0 Å². The third-order valence-electron chi connectivity index (χ3n) is 4.24. The number of carboxylic acids is 1. The summed E-state index contributed by atoms with van der Waals surface area (Å²) in [7, 11) is 0. The van der Waals surface area contributed by atoms with Gasteiger partial charge in [0.2, 0.25) is 0 Å². The van der Waals surface area contributed by atoms with E-state index in [9.17, 15) is 14.7 Å². The van der Waals surface area contributed by atoms with Crippen molar-refractivity contribution in [2.75, 3.05) is 6.54 Å². The first kappa shape index (κ1) is 19.7. The molecule has 1 aromatic heterocycles. The molecule has 1 heterocycles. The maximum atomic E-state index is 12.4. The first-order valence-corrected chi connectivity index (χ1v) is 8.87. The van der Waals surface area contributed by atoms with Gasteiger partial charge in [0, 0.05) is 17.8 Å². The van der Waals surface area contributed by atoms with Crippen molar-refractivity contribution >= 4 is 11.9 Å². The van der Waals surface area contributed by atoms with Crippen LogP contribution in [0.15, 0.2) is 30.3 Å². The Bertz CT molecular complexity index is 780. The predicted molar refractivity (Wildman–Crippen MR) is 100 cm³/mol. The van der Waals surface area contributed by atoms with Gasteiger partial charge >= 0.3 is 5.97 Å². The van der Waals surface area contributed by atoms with Crippen molar-refractivity contribution in [1.29, 1.82) is 0 Å². The van der Waals surface area contributed by atoms with Gasteiger partial charge in [0.25, 0.3) is 5.91 Å². The largest absolute Gasteiger partial charge is 0.481 e. The highest BCUT2D eigenvalue weighted by Crippen LogP contribution is 2.13. The first-order valence-electron chi connectivity index (χ1n) is 8.87. The number of benzene rings is 1. The Balaban J connectivity index is 2.03. The molecule has 0 aliphatic carbocycles. The van der Waals surface area contributed by atoms with Crippen LogP contribution in [-0.4, -0.2) is 33.3 Å². The predicted octanol–water partition coefficient (Wildman–Crippen LogP) is 3.02. The van der Waals surface area contributed by atoms with E-state index < -0.39 is 11.9 Å². The van der Waals surface area contributed by atoms with Gasteiger partial charge in [0.05, 0.1) is 18.2 Å². The molecule has 2 aromatic rings. The standard InChI is InChI=1S/C20H27N3O3/c1-13(2)8-18(20(25)26)11-21-19(24)17-7-5-6-16(10-17)12-23-15(4)9-14(3)22-23/h5-7,9-10,13,18H,8,11-12H2,1-4H3,(H,21,24)(H,25,26). The van der Waals surface area contributed by atoms with Crippen molar-refractivity contribution in [2.24, 2.45) is 11.8 Å². The van der Waals surface area contributed by atoms with Gasteiger partial charge in [-0.15, -0.1) is 0 Å². The van der Waals surface area contributed by atoms with E-state index in [4.69, 9.17) is 0 Å². The third-order valence-corrected chi connectivity index (χ3v) is 4.24. The van der Waals surface area contributed by atoms with Crippen molar-refractivity contribution in [3.63, 3.8) is 0 Å². The highest BCUT2D eigenvalue weighted by molar-refractivity contribution is 5.94. The SMILES string of the molecule is Cc1cc(C)n(Cc2cccc(C(=O)NCC(CC(C)C)C(=O)O)c2)n1. The number of carbonyl (C=O) groups excluding carboxylic acids is 1. The zero-order valence-electron chi connectivity index (χ0n) is 15.8. The number of aryl methyl sites for hydroxylation is 2. The van der Waals surface area contributed by atoms with E-state index in [1.807, 2.05) is 56.6 Å². The summed E-state index contributed by atoms with van der Waals surface area (Å²) in [5.41, 5.74) is 3.52. The lowest BCUT2D eigenvalue weighted by atomic mass is 9.97. The number of nitrogens with one attached hydrogen (secondary N) is 1. The molecule has 1 amide bonds. The van der Waals surface area contributed by atoms with Crippen LogP contribution in [0.4, 0.5) is 0 Å². The van der Waals surface area contributed by atoms with Crippen LogP contribution in [0.3, 0.4) is 0 Å². The van der Waals surface area contributed by atoms with Gasteiger partial charge < -0.3 is 10.4 Å². The van der Waals surface area contributed by atoms with Gasteiger partial charge in [-0.3, -0.25) is 14.3 Å². The van der Waals surface area contributed by atoms with Gasteiger partial charge in [-0.1, -0.05) is 26.0 Å². The fourth-order valence-electron chi connectivity index (χ4n) is 2.98. The molecule has 0 aliphatic rings. The summed E-state index contributed by atoms with van der Waals surface area (Å²) in [6, 6.07) is 9.35. The summed E-state index contributed by atoms with van der Waals surface area (Å²) >= 11 is 0. The molecule has 0 spiro atoms. The molecule has 0 saturated heterocycles. The minimum absolute atomic E-state index is 0.133. The normalized spacial score (nSPS) is 12.2. The van der Waals surface area contributed by atoms with Crippen LogP contribution in [0.2, 0.25) is 0 Å². The van der Waals surface area contributed by atoms with Crippen molar-refractivity contribution in [3.8, 4) is 0 Å². The molecule has 6 heteroatoms. The number of amides is 1. The zero-order chi connectivity index (χ0) is 19.3. The Hall–Kier alpha value is -2.63. The Morgan fingerprint density at radius 2 is 1.96 bits per heavy atom. The second-order valence-corrected chi connectivity index (χ2v) is 7.16. The third kappa shape index (κ3) is 5.44. The molecule has 26 heavy (non-hydrogen) atoms. The first-order chi connectivity index (χ1) is 12.3. The van der Waals surface area contributed by atoms with Gasteiger partial charge in [-0.2, -0.15) is 5.10 Å². The van der Waals surface area contributed by atoms with Gasteiger partial charge in [-0.05, 0) is 49.9 Å². The van der Waals surface area contributed by atoms with E-state index in [1.54, 1.807) is 6.07 Å². The lowest BCUT2D eigenvalue weighted by Gasteiger charge is -2.15. The molecule has 0 radical (unpaired) electrons. The Kier molecular flexibility index (Phi) is 6.55. The lowest BCUT2D eigenvalue weighted by molar-refractivity contribution is -0.142. The Morgan fingerprint density at radius 3 is 2.54 bits per heavy atom. The maximum absolute atomic E-state index is 12.4. The molecule has 2 N–H and O–H groups in total. The van der Waals surface area contributed by atoms with Crippen LogP contribution in [0.1, 0.15) is 47.6 Å². The molecule has 1 atom stereocenters. The number of carboxylic acid groups (broad SMARTS) is 1. The molecule has 0 fully saturated rings. The second-order valence-electron chi connectivity index (χ2n) is 7.16. The van der Waals surface area contributed by atoms with Crippen LogP contribution in [-0.2, 0) is 11.3 Å². The average molecular weight is 357 g/mol. The maximum Gasteiger partial charge on any atom is 0.308 e. The van der Waals surface area contributed by atoms with Gasteiger partial charge in [0.15, 0.2) is 0 Å². The fraction of sp³-hybridized carbons (Fsp3) is 0.450. The van der Waals surface area contributed by atoms with Crippen molar-refractivity contribution < 1.29 is 14.7 Å². The lowest BCUT2D eigenvalue weighted by Crippen LogP contribution is -2.33. The molecule has 6 nitrogen and oxygen atoms in total. The molecule has 0 saturated carbocycles. The smallest absolute Gasteiger partial charge is 0.308 e. The number of hydrogen-bond donors (Lipinski definition) is 2. The van der Waals surface area contributed by atoms with E-state index in [0.29, 0.717) is 18.5 Å². The van der Waals surface area contributed by atoms with E-state index >= 15 is 0 Å². The van der Waals surface area contributed by atoms with Crippen LogP contribution in [0.25, 0.3) is 0 Å². The molecule has 1 aromatic carbocycles. The molecule has 0 aliphatic heterocycles. The molecule has 2 rings (SSSR count). The number of aromatic nitrogens is 2. The summed E-state index contributed by atoms with van der Waals surface area (Å²) in [5, 5.41) is 16.5. The highest BCUT2D eigenvalue weighted by atomic mass is 16.4. The number of nitrogens with zero attached hydrogens (tertiary/aromatic N) is 2. The molecule has 0 bridgehead atoms. The topological polar surface area (TPSA) is 84.2 Å². The summed E-state index contributed by atoms with van der Waals surface area (Å²) in [4.78, 5) is 23.7. The number of rotatable bonds is 8. The van der Waals surface area contributed by atoms with Crippen molar-refractivity contribution in [2.45, 2.75) is 40.7 Å². The summed E-state index contributed by atoms with van der Waals surface area (Å²) in [6.45, 7) is 8.61. The molecule has 140 valence electrons. The van der Waals surface area contributed by atoms with Crippen LogP contribution < -0.4 is 5.32 Å². The molecule has 1 unspecified atom stereocenters. The highest BCUT2D eigenvalue weighted by Gasteiger charge is 2.20. The monoisotopic (exact) mass is 357 g/mol. The molecular weight excluding hydrogens is 330 g/mol.